The minimum atomic E-state index is -0.184. The summed E-state index contributed by atoms with van der Waals surface area (Å²) in [4.78, 5) is 17.2. The first-order valence-electron chi connectivity index (χ1n) is 5.20. The van der Waals surface area contributed by atoms with Gasteiger partial charge in [0.25, 0.3) is 5.91 Å². The van der Waals surface area contributed by atoms with E-state index < -0.39 is 0 Å². The number of nitrogens with zero attached hydrogens (tertiary/aromatic N) is 2. The zero-order valence-electron chi connectivity index (χ0n) is 9.60. The van der Waals surface area contributed by atoms with E-state index >= 15 is 0 Å². The van der Waals surface area contributed by atoms with E-state index in [2.05, 4.69) is 10.3 Å². The Morgan fingerprint density at radius 1 is 1.62 bits per heavy atom. The predicted octanol–water partition coefficient (Wildman–Crippen LogP) is 0.469. The van der Waals surface area contributed by atoms with E-state index in [1.54, 1.807) is 11.9 Å². The lowest BCUT2D eigenvalue weighted by Gasteiger charge is -2.17. The van der Waals surface area contributed by atoms with Crippen molar-refractivity contribution in [3.05, 3.63) is 24.0 Å². The maximum atomic E-state index is 11.9. The van der Waals surface area contributed by atoms with Crippen LogP contribution in [0.5, 0.6) is 5.75 Å². The van der Waals surface area contributed by atoms with Gasteiger partial charge in [0.2, 0.25) is 0 Å². The van der Waals surface area contributed by atoms with E-state index in [1.165, 1.54) is 18.5 Å². The number of aromatic hydroxyl groups is 1. The predicted molar refractivity (Wildman–Crippen MR) is 61.4 cm³/mol. The van der Waals surface area contributed by atoms with Crippen LogP contribution in [0.25, 0.3) is 0 Å². The van der Waals surface area contributed by atoms with Gasteiger partial charge in [0, 0.05) is 19.8 Å². The van der Waals surface area contributed by atoms with Gasteiger partial charge < -0.3 is 15.3 Å². The molecule has 2 N–H and O–H groups in total. The van der Waals surface area contributed by atoms with Crippen molar-refractivity contribution in [2.45, 2.75) is 6.42 Å². The van der Waals surface area contributed by atoms with Crippen molar-refractivity contribution >= 4 is 5.91 Å². The molecule has 0 aliphatic carbocycles. The molecule has 88 valence electrons. The fourth-order valence-electron chi connectivity index (χ4n) is 1.37. The lowest BCUT2D eigenvalue weighted by atomic mass is 10.2. The Labute approximate surface area is 95.1 Å². The number of nitrogens with one attached hydrogen (secondary N) is 1. The third-order valence-corrected chi connectivity index (χ3v) is 2.30. The first kappa shape index (κ1) is 12.4. The van der Waals surface area contributed by atoms with E-state index in [0.29, 0.717) is 12.1 Å². The van der Waals surface area contributed by atoms with Gasteiger partial charge in [-0.25, -0.2) is 0 Å². The van der Waals surface area contributed by atoms with E-state index in [4.69, 9.17) is 0 Å². The molecule has 0 radical (unpaired) electrons. The molecule has 1 aromatic heterocycles. The van der Waals surface area contributed by atoms with Gasteiger partial charge in [-0.05, 0) is 26.1 Å². The molecule has 5 nitrogen and oxygen atoms in total. The molecule has 0 unspecified atom stereocenters. The zero-order valence-corrected chi connectivity index (χ0v) is 9.60. The second-order valence-electron chi connectivity index (χ2n) is 3.58. The van der Waals surface area contributed by atoms with Gasteiger partial charge in [-0.1, -0.05) is 0 Å². The fourth-order valence-corrected chi connectivity index (χ4v) is 1.37. The highest BCUT2D eigenvalue weighted by molar-refractivity contribution is 5.96. The van der Waals surface area contributed by atoms with Gasteiger partial charge in [0.05, 0.1) is 11.8 Å². The van der Waals surface area contributed by atoms with Gasteiger partial charge in [0.15, 0.2) is 0 Å². The second-order valence-corrected chi connectivity index (χ2v) is 3.58. The van der Waals surface area contributed by atoms with Crippen molar-refractivity contribution in [1.82, 2.24) is 15.2 Å². The van der Waals surface area contributed by atoms with Crippen LogP contribution in [-0.2, 0) is 0 Å². The first-order chi connectivity index (χ1) is 7.66. The SMILES string of the molecule is CNCCCN(C)C(=O)c1ccncc1O. The highest BCUT2D eigenvalue weighted by Crippen LogP contribution is 2.15. The highest BCUT2D eigenvalue weighted by Gasteiger charge is 2.14. The van der Waals surface area contributed by atoms with Crippen LogP contribution in [0.1, 0.15) is 16.8 Å². The number of amides is 1. The quantitative estimate of drug-likeness (QED) is 0.712. The molecular weight excluding hydrogens is 206 g/mol. The molecular formula is C11H17N3O2. The molecule has 5 heteroatoms. The van der Waals surface area contributed by atoms with Crippen LogP contribution in [-0.4, -0.2) is 48.1 Å². The molecule has 1 heterocycles. The van der Waals surface area contributed by atoms with E-state index in [-0.39, 0.29) is 11.7 Å². The van der Waals surface area contributed by atoms with Crippen LogP contribution in [0.3, 0.4) is 0 Å². The summed E-state index contributed by atoms with van der Waals surface area (Å²) in [5.74, 6) is -0.260. The summed E-state index contributed by atoms with van der Waals surface area (Å²) >= 11 is 0. The molecule has 0 saturated heterocycles. The Hall–Kier alpha value is -1.62. The van der Waals surface area contributed by atoms with Crippen molar-refractivity contribution in [3.8, 4) is 5.75 Å². The number of aromatic nitrogens is 1. The van der Waals surface area contributed by atoms with Crippen molar-refractivity contribution in [2.75, 3.05) is 27.2 Å². The maximum Gasteiger partial charge on any atom is 0.257 e. The van der Waals surface area contributed by atoms with Crippen molar-refractivity contribution in [1.29, 1.82) is 0 Å². The number of hydrogen-bond donors (Lipinski definition) is 2. The molecule has 1 rings (SSSR count). The third-order valence-electron chi connectivity index (χ3n) is 2.30. The van der Waals surface area contributed by atoms with Gasteiger partial charge >= 0.3 is 0 Å². The zero-order chi connectivity index (χ0) is 12.0. The standard InChI is InChI=1S/C11H17N3O2/c1-12-5-3-7-14(2)11(16)9-4-6-13-8-10(9)15/h4,6,8,12,15H,3,5,7H2,1-2H3. The molecule has 16 heavy (non-hydrogen) atoms. The Morgan fingerprint density at radius 3 is 3.00 bits per heavy atom. The summed E-state index contributed by atoms with van der Waals surface area (Å²) in [6.45, 7) is 1.52. The van der Waals surface area contributed by atoms with Crippen LogP contribution in [0.2, 0.25) is 0 Å². The molecule has 0 spiro atoms. The van der Waals surface area contributed by atoms with E-state index in [0.717, 1.165) is 13.0 Å². The Balaban J connectivity index is 2.60. The van der Waals surface area contributed by atoms with Crippen LogP contribution < -0.4 is 5.32 Å². The van der Waals surface area contributed by atoms with Crippen LogP contribution in [0, 0.1) is 0 Å². The Morgan fingerprint density at radius 2 is 2.38 bits per heavy atom. The number of pyridine rings is 1. The minimum Gasteiger partial charge on any atom is -0.505 e. The van der Waals surface area contributed by atoms with E-state index in [9.17, 15) is 9.90 Å². The molecule has 0 aromatic carbocycles. The summed E-state index contributed by atoms with van der Waals surface area (Å²) in [5, 5.41) is 12.5. The van der Waals surface area contributed by atoms with Crippen molar-refractivity contribution < 1.29 is 9.90 Å². The normalized spacial score (nSPS) is 10.1. The highest BCUT2D eigenvalue weighted by atomic mass is 16.3. The first-order valence-corrected chi connectivity index (χ1v) is 5.20. The summed E-state index contributed by atoms with van der Waals surface area (Å²) in [6.07, 6.45) is 3.65. The van der Waals surface area contributed by atoms with Gasteiger partial charge in [-0.15, -0.1) is 0 Å². The summed E-state index contributed by atoms with van der Waals surface area (Å²) in [7, 11) is 3.59. The lowest BCUT2D eigenvalue weighted by molar-refractivity contribution is 0.0790. The van der Waals surface area contributed by atoms with Crippen molar-refractivity contribution in [3.63, 3.8) is 0 Å². The summed E-state index contributed by atoms with van der Waals surface area (Å²) < 4.78 is 0. The molecule has 0 aliphatic rings. The van der Waals surface area contributed by atoms with E-state index in [1.807, 2.05) is 7.05 Å². The number of hydrogen-bond acceptors (Lipinski definition) is 4. The molecule has 0 atom stereocenters. The summed E-state index contributed by atoms with van der Waals surface area (Å²) in [6, 6.07) is 1.52. The average molecular weight is 223 g/mol. The van der Waals surface area contributed by atoms with Crippen LogP contribution >= 0.6 is 0 Å². The molecule has 0 saturated carbocycles. The molecule has 0 aliphatic heterocycles. The molecule has 0 fully saturated rings. The van der Waals surface area contributed by atoms with Crippen LogP contribution in [0.15, 0.2) is 18.5 Å². The van der Waals surface area contributed by atoms with Gasteiger partial charge in [-0.3, -0.25) is 9.78 Å². The largest absolute Gasteiger partial charge is 0.505 e. The van der Waals surface area contributed by atoms with Gasteiger partial charge in [-0.2, -0.15) is 0 Å². The number of carbonyl (C=O) groups excluding carboxylic acids is 1. The van der Waals surface area contributed by atoms with Crippen LogP contribution in [0.4, 0.5) is 0 Å². The third kappa shape index (κ3) is 3.20. The maximum absolute atomic E-state index is 11.9. The monoisotopic (exact) mass is 223 g/mol. The molecule has 1 aromatic rings. The average Bonchev–Trinajstić information content (AvgIpc) is 2.29. The molecule has 0 bridgehead atoms. The molecule has 1 amide bonds. The summed E-state index contributed by atoms with van der Waals surface area (Å²) in [5.41, 5.74) is 0.293. The number of rotatable bonds is 5. The Bertz CT molecular complexity index is 355. The lowest BCUT2D eigenvalue weighted by Crippen LogP contribution is -2.29. The van der Waals surface area contributed by atoms with Gasteiger partial charge in [0.1, 0.15) is 5.75 Å². The fraction of sp³-hybridized carbons (Fsp3) is 0.455. The Kier molecular flexibility index (Phi) is 4.72. The second kappa shape index (κ2) is 6.07. The topological polar surface area (TPSA) is 65.5 Å². The minimum absolute atomic E-state index is 0.0760. The van der Waals surface area contributed by atoms with Crippen molar-refractivity contribution in [2.24, 2.45) is 0 Å². The smallest absolute Gasteiger partial charge is 0.257 e. The number of carbonyl (C=O) groups is 1.